The first-order valence-electron chi connectivity index (χ1n) is 7.28. The lowest BCUT2D eigenvalue weighted by atomic mass is 9.98. The summed E-state index contributed by atoms with van der Waals surface area (Å²) in [7, 11) is 7.44. The van der Waals surface area contributed by atoms with Crippen molar-refractivity contribution in [3.63, 3.8) is 0 Å². The van der Waals surface area contributed by atoms with Crippen LogP contribution >= 0.6 is 0 Å². The van der Waals surface area contributed by atoms with Crippen LogP contribution in [0.2, 0.25) is 0 Å². The van der Waals surface area contributed by atoms with Crippen LogP contribution in [-0.4, -0.2) is 43.6 Å². The Morgan fingerprint density at radius 3 is 2.77 bits per heavy atom. The van der Waals surface area contributed by atoms with Crippen molar-refractivity contribution in [2.45, 2.75) is 0 Å². The van der Waals surface area contributed by atoms with Gasteiger partial charge in [0.1, 0.15) is 19.4 Å². The average Bonchev–Trinajstić information content (AvgIpc) is 2.54. The van der Waals surface area contributed by atoms with Crippen molar-refractivity contribution < 1.29 is 0 Å². The monoisotopic (exact) mass is 295 g/mol. The van der Waals surface area contributed by atoms with Gasteiger partial charge < -0.3 is 20.1 Å². The Labute approximate surface area is 130 Å². The van der Waals surface area contributed by atoms with E-state index in [-0.39, 0.29) is 5.56 Å². The van der Waals surface area contributed by atoms with E-state index in [4.69, 9.17) is 7.85 Å². The van der Waals surface area contributed by atoms with Gasteiger partial charge in [-0.15, -0.1) is 0 Å². The molecule has 2 aromatic heterocycles. The third-order valence-electron chi connectivity index (χ3n) is 3.70. The van der Waals surface area contributed by atoms with Crippen molar-refractivity contribution in [2.75, 3.05) is 36.4 Å². The lowest BCUT2D eigenvalue weighted by Gasteiger charge is -2.29. The van der Waals surface area contributed by atoms with Gasteiger partial charge in [-0.3, -0.25) is 4.79 Å². The van der Waals surface area contributed by atoms with Crippen molar-refractivity contribution in [3.05, 3.63) is 40.9 Å². The quantitative estimate of drug-likeness (QED) is 0.763. The predicted molar refractivity (Wildman–Crippen MR) is 89.7 cm³/mol. The fourth-order valence-corrected chi connectivity index (χ4v) is 2.54. The van der Waals surface area contributed by atoms with Gasteiger partial charge in [0.15, 0.2) is 0 Å². The summed E-state index contributed by atoms with van der Waals surface area (Å²) in [4.78, 5) is 18.7. The van der Waals surface area contributed by atoms with Crippen molar-refractivity contribution in [3.8, 4) is 0 Å². The summed E-state index contributed by atoms with van der Waals surface area (Å²) in [5.74, 6) is 0.626. The molecule has 2 aromatic rings. The van der Waals surface area contributed by atoms with E-state index in [1.54, 1.807) is 19.3 Å². The van der Waals surface area contributed by atoms with Gasteiger partial charge in [0, 0.05) is 33.2 Å². The molecule has 22 heavy (non-hydrogen) atoms. The Hall–Kier alpha value is -2.28. The molecule has 6 nitrogen and oxygen atoms in total. The molecular weight excluding hydrogens is 277 g/mol. The number of nitrogens with one attached hydrogen (secondary N) is 2. The molecule has 0 aliphatic carbocycles. The zero-order valence-corrected chi connectivity index (χ0v) is 12.5. The van der Waals surface area contributed by atoms with Crippen LogP contribution in [0, 0.1) is 0 Å². The normalized spacial score (nSPS) is 14.9. The predicted octanol–water partition coefficient (Wildman–Crippen LogP) is -0.273. The maximum atomic E-state index is 12.0. The maximum absolute atomic E-state index is 12.0. The first-order chi connectivity index (χ1) is 10.6. The van der Waals surface area contributed by atoms with Crippen LogP contribution in [-0.2, 0) is 7.05 Å². The second-order valence-corrected chi connectivity index (χ2v) is 5.37. The molecule has 0 spiro atoms. The highest BCUT2D eigenvalue weighted by Crippen LogP contribution is 2.17. The van der Waals surface area contributed by atoms with Crippen LogP contribution in [0.3, 0.4) is 0 Å². The van der Waals surface area contributed by atoms with Crippen molar-refractivity contribution >= 4 is 30.5 Å². The Bertz CT molecular complexity index is 707. The molecule has 0 saturated carbocycles. The molecule has 3 rings (SSSR count). The Morgan fingerprint density at radius 1 is 1.32 bits per heavy atom. The fourth-order valence-electron chi connectivity index (χ4n) is 2.54. The van der Waals surface area contributed by atoms with E-state index in [1.807, 2.05) is 18.3 Å². The van der Waals surface area contributed by atoms with Gasteiger partial charge in [-0.05, 0) is 24.4 Å². The highest BCUT2D eigenvalue weighted by Gasteiger charge is 2.11. The summed E-state index contributed by atoms with van der Waals surface area (Å²) in [6, 6.07) is 5.51. The van der Waals surface area contributed by atoms with Crippen molar-refractivity contribution in [1.82, 2.24) is 14.9 Å². The maximum Gasteiger partial charge on any atom is 0.273 e. The van der Waals surface area contributed by atoms with Gasteiger partial charge in [0.05, 0.1) is 11.9 Å². The molecule has 1 aliphatic heterocycles. The molecule has 1 fully saturated rings. The lowest BCUT2D eigenvalue weighted by molar-refractivity contribution is 0.589. The molecule has 0 bridgehead atoms. The highest BCUT2D eigenvalue weighted by atomic mass is 16.1. The van der Waals surface area contributed by atoms with Gasteiger partial charge in [0.25, 0.3) is 5.56 Å². The van der Waals surface area contributed by atoms with Gasteiger partial charge in [0.2, 0.25) is 0 Å². The van der Waals surface area contributed by atoms with E-state index >= 15 is 0 Å². The molecule has 2 N–H and O–H groups in total. The minimum atomic E-state index is -0.137. The molecule has 0 aromatic carbocycles. The molecule has 112 valence electrons. The van der Waals surface area contributed by atoms with Crippen LogP contribution in [0.5, 0.6) is 0 Å². The van der Waals surface area contributed by atoms with E-state index in [2.05, 4.69) is 20.5 Å². The minimum Gasteiger partial charge on any atom is -0.368 e. The molecule has 0 amide bonds. The molecule has 7 heteroatoms. The molecule has 0 unspecified atom stereocenters. The summed E-state index contributed by atoms with van der Waals surface area (Å²) in [5, 5.41) is 6.35. The number of aryl methyl sites for hydroxylation is 1. The number of anilines is 3. The Morgan fingerprint density at radius 2 is 2.09 bits per heavy atom. The summed E-state index contributed by atoms with van der Waals surface area (Å²) in [6.45, 7) is 3.92. The van der Waals surface area contributed by atoms with Crippen molar-refractivity contribution in [1.29, 1.82) is 0 Å². The van der Waals surface area contributed by atoms with Gasteiger partial charge in [-0.2, -0.15) is 0 Å². The second kappa shape index (κ2) is 6.23. The molecule has 0 atom stereocenters. The number of piperazine rings is 1. The van der Waals surface area contributed by atoms with Crippen LogP contribution in [0.15, 0.2) is 35.4 Å². The molecule has 2 radical (unpaired) electrons. The molecule has 3 heterocycles. The fraction of sp³-hybridized carbons (Fsp3) is 0.333. The number of rotatable bonds is 3. The van der Waals surface area contributed by atoms with E-state index in [1.165, 1.54) is 4.57 Å². The third-order valence-corrected chi connectivity index (χ3v) is 3.70. The Kier molecular flexibility index (Phi) is 4.15. The van der Waals surface area contributed by atoms with Crippen molar-refractivity contribution in [2.24, 2.45) is 7.05 Å². The standard InChI is InChI=1S/C15H18BN5O/c1-20-10-11(16)8-13(15(20)22)19-14-3-2-12(9-18-14)21-6-4-17-5-7-21/h2-3,8-10,17H,4-7H2,1H3,(H,18,19). The summed E-state index contributed by atoms with van der Waals surface area (Å²) in [6.07, 6.45) is 3.42. The zero-order valence-electron chi connectivity index (χ0n) is 12.5. The van der Waals surface area contributed by atoms with E-state index in [0.29, 0.717) is 17.0 Å². The van der Waals surface area contributed by atoms with Gasteiger partial charge >= 0.3 is 0 Å². The van der Waals surface area contributed by atoms with Gasteiger partial charge in [-0.25, -0.2) is 4.98 Å². The third kappa shape index (κ3) is 3.14. The topological polar surface area (TPSA) is 62.2 Å². The highest BCUT2D eigenvalue weighted by molar-refractivity contribution is 6.32. The first-order valence-corrected chi connectivity index (χ1v) is 7.28. The number of hydrogen-bond acceptors (Lipinski definition) is 5. The summed E-state index contributed by atoms with van der Waals surface area (Å²) in [5.41, 5.74) is 1.90. The van der Waals surface area contributed by atoms with Crippen LogP contribution in [0.25, 0.3) is 0 Å². The number of pyridine rings is 2. The molecular formula is C15H18BN5O. The van der Waals surface area contributed by atoms with E-state index in [9.17, 15) is 4.79 Å². The van der Waals surface area contributed by atoms with Gasteiger partial charge in [-0.1, -0.05) is 5.46 Å². The zero-order chi connectivity index (χ0) is 15.5. The number of nitrogens with zero attached hydrogens (tertiary/aromatic N) is 3. The average molecular weight is 295 g/mol. The van der Waals surface area contributed by atoms with Crippen LogP contribution < -0.4 is 26.6 Å². The van der Waals surface area contributed by atoms with Crippen LogP contribution in [0.4, 0.5) is 17.2 Å². The number of hydrogen-bond donors (Lipinski definition) is 2. The smallest absolute Gasteiger partial charge is 0.273 e. The second-order valence-electron chi connectivity index (χ2n) is 5.37. The molecule has 1 saturated heterocycles. The van der Waals surface area contributed by atoms with E-state index in [0.717, 1.165) is 31.9 Å². The Balaban J connectivity index is 1.77. The van der Waals surface area contributed by atoms with Crippen LogP contribution in [0.1, 0.15) is 0 Å². The first kappa shape index (κ1) is 14.7. The largest absolute Gasteiger partial charge is 0.368 e. The van der Waals surface area contributed by atoms with E-state index < -0.39 is 0 Å². The summed E-state index contributed by atoms with van der Waals surface area (Å²) < 4.78 is 1.45. The summed E-state index contributed by atoms with van der Waals surface area (Å²) >= 11 is 0. The SMILES string of the molecule is [B]c1cc(Nc2ccc(N3CCNCC3)cn2)c(=O)n(C)c1. The molecule has 1 aliphatic rings. The number of aromatic nitrogens is 2. The minimum absolute atomic E-state index is 0.137. The lowest BCUT2D eigenvalue weighted by Crippen LogP contribution is -2.43.